The zero-order valence-corrected chi connectivity index (χ0v) is 8.74. The molecule has 1 N–H and O–H groups in total. The van der Waals surface area contributed by atoms with Gasteiger partial charge in [0.2, 0.25) is 0 Å². The average Bonchev–Trinajstić information content (AvgIpc) is 2.08. The first-order valence-electron chi connectivity index (χ1n) is 4.04. The fraction of sp³-hybridized carbons (Fsp3) is 0.444. The van der Waals surface area contributed by atoms with Crippen LogP contribution in [0, 0.1) is 6.92 Å². The molecule has 1 heterocycles. The minimum Gasteiger partial charge on any atom is -0.385 e. The fourth-order valence-electron chi connectivity index (χ4n) is 0.825. The molecule has 0 bridgehead atoms. The summed E-state index contributed by atoms with van der Waals surface area (Å²) in [5.41, 5.74) is 2.02. The summed E-state index contributed by atoms with van der Waals surface area (Å²) in [6.07, 6.45) is 1.69. The van der Waals surface area contributed by atoms with Gasteiger partial charge in [-0.1, -0.05) is 25.4 Å². The van der Waals surface area contributed by atoms with Crippen LogP contribution >= 0.6 is 11.6 Å². The van der Waals surface area contributed by atoms with Gasteiger partial charge in [0.15, 0.2) is 5.15 Å². The van der Waals surface area contributed by atoms with E-state index in [2.05, 4.69) is 10.3 Å². The zero-order valence-electron chi connectivity index (χ0n) is 7.98. The Bertz CT molecular complexity index is 216. The van der Waals surface area contributed by atoms with E-state index in [0.717, 1.165) is 11.3 Å². The number of aromatic nitrogens is 1. The highest BCUT2D eigenvalue weighted by Gasteiger charge is 1.99. The van der Waals surface area contributed by atoms with Crippen LogP contribution in [0.1, 0.15) is 19.4 Å². The molecule has 0 aromatic carbocycles. The molecule has 0 radical (unpaired) electrons. The molecule has 2 nitrogen and oxygen atoms in total. The van der Waals surface area contributed by atoms with E-state index in [1.54, 1.807) is 6.20 Å². The van der Waals surface area contributed by atoms with E-state index in [1.807, 2.05) is 33.9 Å². The number of pyridine rings is 1. The summed E-state index contributed by atoms with van der Waals surface area (Å²) in [5, 5.41) is 3.50. The Morgan fingerprint density at radius 1 is 1.42 bits per heavy atom. The Labute approximate surface area is 79.0 Å². The second-order valence-corrected chi connectivity index (χ2v) is 2.40. The number of rotatable bonds is 1. The van der Waals surface area contributed by atoms with Gasteiger partial charge in [0.1, 0.15) is 0 Å². The molecule has 68 valence electrons. The molecule has 12 heavy (non-hydrogen) atoms. The Hall–Kier alpha value is -0.760. The second kappa shape index (κ2) is 5.84. The van der Waals surface area contributed by atoms with Crippen molar-refractivity contribution in [1.82, 2.24) is 4.98 Å². The highest BCUT2D eigenvalue weighted by atomic mass is 35.5. The van der Waals surface area contributed by atoms with Crippen LogP contribution in [0.25, 0.3) is 0 Å². The lowest BCUT2D eigenvalue weighted by molar-refractivity contribution is 1.27. The number of halogens is 1. The smallest absolute Gasteiger partial charge is 0.152 e. The minimum atomic E-state index is 0.530. The van der Waals surface area contributed by atoms with Crippen LogP contribution in [0.4, 0.5) is 5.69 Å². The Morgan fingerprint density at radius 3 is 2.33 bits per heavy atom. The summed E-state index contributed by atoms with van der Waals surface area (Å²) in [5.74, 6) is 0. The number of nitrogens with one attached hydrogen (secondary N) is 1. The van der Waals surface area contributed by atoms with Crippen LogP contribution in [-0.4, -0.2) is 12.0 Å². The third-order valence-corrected chi connectivity index (χ3v) is 1.65. The van der Waals surface area contributed by atoms with Crippen molar-refractivity contribution in [3.63, 3.8) is 0 Å². The molecule has 0 fully saturated rings. The van der Waals surface area contributed by atoms with Gasteiger partial charge in [-0.25, -0.2) is 4.98 Å². The highest BCUT2D eigenvalue weighted by Crippen LogP contribution is 2.21. The lowest BCUT2D eigenvalue weighted by Gasteiger charge is -2.04. The van der Waals surface area contributed by atoms with E-state index >= 15 is 0 Å². The number of nitrogens with zero attached hydrogens (tertiary/aromatic N) is 1. The van der Waals surface area contributed by atoms with Gasteiger partial charge in [-0.3, -0.25) is 0 Å². The van der Waals surface area contributed by atoms with Crippen LogP contribution in [0.2, 0.25) is 5.15 Å². The van der Waals surface area contributed by atoms with Gasteiger partial charge in [-0.2, -0.15) is 0 Å². The van der Waals surface area contributed by atoms with Gasteiger partial charge >= 0.3 is 0 Å². The molecule has 0 saturated carbocycles. The van der Waals surface area contributed by atoms with Crippen molar-refractivity contribution in [3.05, 3.63) is 23.0 Å². The molecule has 0 aliphatic rings. The normalized spacial score (nSPS) is 8.42. The summed E-state index contributed by atoms with van der Waals surface area (Å²) in [6, 6.07) is 1.91. The number of hydrogen-bond acceptors (Lipinski definition) is 2. The van der Waals surface area contributed by atoms with E-state index in [-0.39, 0.29) is 0 Å². The topological polar surface area (TPSA) is 24.9 Å². The molecule has 0 amide bonds. The van der Waals surface area contributed by atoms with Crippen molar-refractivity contribution in [1.29, 1.82) is 0 Å². The summed E-state index contributed by atoms with van der Waals surface area (Å²) in [7, 11) is 1.83. The van der Waals surface area contributed by atoms with E-state index < -0.39 is 0 Å². The molecule has 1 aromatic heterocycles. The van der Waals surface area contributed by atoms with Crippen molar-refractivity contribution in [2.45, 2.75) is 20.8 Å². The van der Waals surface area contributed by atoms with Crippen LogP contribution in [0.3, 0.4) is 0 Å². The van der Waals surface area contributed by atoms with Gasteiger partial charge in [-0.15, -0.1) is 0 Å². The first-order valence-corrected chi connectivity index (χ1v) is 4.42. The van der Waals surface area contributed by atoms with Gasteiger partial charge in [-0.05, 0) is 18.6 Å². The third kappa shape index (κ3) is 2.70. The lowest BCUT2D eigenvalue weighted by Crippen LogP contribution is -1.93. The summed E-state index contributed by atoms with van der Waals surface area (Å²) < 4.78 is 0. The summed E-state index contributed by atoms with van der Waals surface area (Å²) in [6.45, 7) is 5.99. The SMILES string of the molecule is CC.CNc1c(C)ccnc1Cl. The lowest BCUT2D eigenvalue weighted by atomic mass is 10.2. The Balaban J connectivity index is 0.000000561. The molecule has 3 heteroatoms. The fourth-order valence-corrected chi connectivity index (χ4v) is 1.13. The molecule has 0 atom stereocenters. The van der Waals surface area contributed by atoms with E-state index in [9.17, 15) is 0 Å². The van der Waals surface area contributed by atoms with E-state index in [0.29, 0.717) is 5.15 Å². The Morgan fingerprint density at radius 2 is 2.00 bits per heavy atom. The Kier molecular flexibility index (Phi) is 5.47. The average molecular weight is 187 g/mol. The predicted octanol–water partition coefficient (Wildman–Crippen LogP) is 3.11. The van der Waals surface area contributed by atoms with Crippen LogP contribution in [-0.2, 0) is 0 Å². The van der Waals surface area contributed by atoms with Crippen molar-refractivity contribution < 1.29 is 0 Å². The number of hydrogen-bond donors (Lipinski definition) is 1. The zero-order chi connectivity index (χ0) is 9.56. The second-order valence-electron chi connectivity index (χ2n) is 2.04. The third-order valence-electron chi connectivity index (χ3n) is 1.36. The molecule has 0 unspecified atom stereocenters. The molecular formula is C9H15ClN2. The van der Waals surface area contributed by atoms with Gasteiger partial charge < -0.3 is 5.32 Å². The van der Waals surface area contributed by atoms with Gasteiger partial charge in [0, 0.05) is 13.2 Å². The maximum Gasteiger partial charge on any atom is 0.152 e. The number of anilines is 1. The van der Waals surface area contributed by atoms with E-state index in [4.69, 9.17) is 11.6 Å². The maximum absolute atomic E-state index is 5.76. The molecule has 1 aromatic rings. The number of aryl methyl sites for hydroxylation is 1. The maximum atomic E-state index is 5.76. The van der Waals surface area contributed by atoms with Crippen LogP contribution in [0.5, 0.6) is 0 Å². The largest absolute Gasteiger partial charge is 0.385 e. The summed E-state index contributed by atoms with van der Waals surface area (Å²) >= 11 is 5.76. The highest BCUT2D eigenvalue weighted by molar-refractivity contribution is 6.32. The van der Waals surface area contributed by atoms with Crippen LogP contribution in [0.15, 0.2) is 12.3 Å². The van der Waals surface area contributed by atoms with Gasteiger partial charge in [0.05, 0.1) is 5.69 Å². The molecule has 0 aliphatic carbocycles. The monoisotopic (exact) mass is 186 g/mol. The van der Waals surface area contributed by atoms with Crippen LogP contribution < -0.4 is 5.32 Å². The van der Waals surface area contributed by atoms with Crippen molar-refractivity contribution in [3.8, 4) is 0 Å². The molecule has 0 aliphatic heterocycles. The minimum absolute atomic E-state index is 0.530. The van der Waals surface area contributed by atoms with Gasteiger partial charge in [0.25, 0.3) is 0 Å². The molecule has 1 rings (SSSR count). The first kappa shape index (κ1) is 11.2. The molecule has 0 spiro atoms. The molecular weight excluding hydrogens is 172 g/mol. The van der Waals surface area contributed by atoms with Crippen molar-refractivity contribution in [2.75, 3.05) is 12.4 Å². The molecule has 0 saturated heterocycles. The van der Waals surface area contributed by atoms with Crippen molar-refractivity contribution in [2.24, 2.45) is 0 Å². The quantitative estimate of drug-likeness (QED) is 0.682. The first-order chi connectivity index (χ1) is 5.75. The van der Waals surface area contributed by atoms with Crippen molar-refractivity contribution >= 4 is 17.3 Å². The summed E-state index contributed by atoms with van der Waals surface area (Å²) in [4.78, 5) is 3.91. The van der Waals surface area contributed by atoms with E-state index in [1.165, 1.54) is 0 Å². The standard InChI is InChI=1S/C7H9ClN2.C2H6/c1-5-3-4-10-7(8)6(5)9-2;1-2/h3-4,9H,1-2H3;1-2H3. The predicted molar refractivity (Wildman–Crippen MR) is 54.9 cm³/mol.